The molecule has 69 heavy (non-hydrogen) atoms. The monoisotopic (exact) mass is 881 g/mol. The first kappa shape index (κ1) is 38.8. The number of para-hydroxylation sites is 4. The molecule has 10 aromatic carbocycles. The van der Waals surface area contributed by atoms with Crippen LogP contribution in [0.25, 0.3) is 133 Å². The van der Waals surface area contributed by atoms with Crippen LogP contribution < -0.4 is 0 Å². The van der Waals surface area contributed by atoms with Crippen molar-refractivity contribution in [3.8, 4) is 67.8 Å². The Kier molecular flexibility index (Phi) is 8.79. The first-order valence-electron chi connectivity index (χ1n) is 23.3. The molecule has 14 rings (SSSR count). The van der Waals surface area contributed by atoms with Crippen LogP contribution in [0.5, 0.6) is 0 Å². The van der Waals surface area contributed by atoms with E-state index in [1.54, 1.807) is 0 Å². The lowest BCUT2D eigenvalue weighted by atomic mass is 9.95. The fraction of sp³-hybridized carbons (Fsp3) is 0. The highest BCUT2D eigenvalue weighted by molar-refractivity contribution is 6.14. The first-order valence-corrected chi connectivity index (χ1v) is 23.3. The van der Waals surface area contributed by atoms with Crippen LogP contribution in [0.2, 0.25) is 0 Å². The normalized spacial score (nSPS) is 11.8. The van der Waals surface area contributed by atoms with Crippen molar-refractivity contribution in [1.29, 1.82) is 0 Å². The molecular formula is C63H39N5O. The van der Waals surface area contributed by atoms with Gasteiger partial charge in [0.05, 0.1) is 22.1 Å². The lowest BCUT2D eigenvalue weighted by molar-refractivity contribution is 0.670. The Hall–Kier alpha value is -9.39. The second-order valence-electron chi connectivity index (χ2n) is 17.6. The van der Waals surface area contributed by atoms with E-state index in [2.05, 4.69) is 203 Å². The molecule has 0 fully saturated rings. The standard InChI is InChI=1S/C63H39N5O/c1-4-18-40(19-5-1)43-32-35-58-51(36-43)49-26-12-16-30-57(49)67(58)44-33-34-46(54(37-44)63-65-61(41-20-6-2-7-21-41)64-62(66-63)42-22-8-3-9-23-42)52-38-45(39-53-50-27-13-17-31-59(50)69-60(52)53)68-55-28-14-10-24-47(55)48-25-11-15-29-56(48)68/h1-39H. The molecule has 0 bridgehead atoms. The third kappa shape index (κ3) is 6.30. The SMILES string of the molecule is c1ccc(-c2ccc3c(c2)c2ccccc2n3-c2ccc(-c3cc(-n4c5ccccc5c5ccccc54)cc4c3oc3ccccc34)c(-c3nc(-c4ccccc4)nc(-c4ccccc4)n3)c2)cc1. The Morgan fingerprint density at radius 1 is 0.275 bits per heavy atom. The zero-order valence-corrected chi connectivity index (χ0v) is 37.2. The van der Waals surface area contributed by atoms with Crippen LogP contribution in [0.4, 0.5) is 0 Å². The highest BCUT2D eigenvalue weighted by Crippen LogP contribution is 2.45. The molecule has 0 atom stereocenters. The van der Waals surface area contributed by atoms with Gasteiger partial charge in [-0.25, -0.2) is 15.0 Å². The van der Waals surface area contributed by atoms with Crippen LogP contribution in [0.3, 0.4) is 0 Å². The lowest BCUT2D eigenvalue weighted by Crippen LogP contribution is -2.03. The highest BCUT2D eigenvalue weighted by Gasteiger charge is 2.24. The van der Waals surface area contributed by atoms with E-state index in [0.717, 1.165) is 83.2 Å². The van der Waals surface area contributed by atoms with Crippen LogP contribution in [0.1, 0.15) is 0 Å². The molecule has 0 amide bonds. The summed E-state index contributed by atoms with van der Waals surface area (Å²) in [6.45, 7) is 0. The van der Waals surface area contributed by atoms with Crippen LogP contribution in [0, 0.1) is 0 Å². The molecule has 0 spiro atoms. The van der Waals surface area contributed by atoms with E-state index in [4.69, 9.17) is 19.4 Å². The van der Waals surface area contributed by atoms with Gasteiger partial charge in [-0.15, -0.1) is 0 Å². The molecule has 0 unspecified atom stereocenters. The lowest BCUT2D eigenvalue weighted by Gasteiger charge is -2.17. The number of nitrogens with zero attached hydrogens (tertiary/aromatic N) is 5. The van der Waals surface area contributed by atoms with Crippen LogP contribution in [-0.4, -0.2) is 24.1 Å². The first-order chi connectivity index (χ1) is 34.2. The van der Waals surface area contributed by atoms with Crippen molar-refractivity contribution < 1.29 is 4.42 Å². The second-order valence-corrected chi connectivity index (χ2v) is 17.6. The average molecular weight is 882 g/mol. The van der Waals surface area contributed by atoms with Crippen LogP contribution in [-0.2, 0) is 0 Å². The molecule has 4 aromatic heterocycles. The molecule has 0 radical (unpaired) electrons. The average Bonchev–Trinajstić information content (AvgIpc) is 4.09. The predicted molar refractivity (Wildman–Crippen MR) is 283 cm³/mol. The van der Waals surface area contributed by atoms with Gasteiger partial charge in [0.2, 0.25) is 0 Å². The number of hydrogen-bond acceptors (Lipinski definition) is 4. The van der Waals surface area contributed by atoms with Gasteiger partial charge in [-0.2, -0.15) is 0 Å². The van der Waals surface area contributed by atoms with E-state index in [0.29, 0.717) is 17.5 Å². The predicted octanol–water partition coefficient (Wildman–Crippen LogP) is 16.3. The van der Waals surface area contributed by atoms with Crippen molar-refractivity contribution in [2.75, 3.05) is 0 Å². The smallest absolute Gasteiger partial charge is 0.164 e. The topological polar surface area (TPSA) is 61.7 Å². The maximum absolute atomic E-state index is 6.96. The highest BCUT2D eigenvalue weighted by atomic mass is 16.3. The molecule has 322 valence electrons. The maximum atomic E-state index is 6.96. The Labute approximate surface area is 396 Å². The van der Waals surface area contributed by atoms with Gasteiger partial charge in [-0.05, 0) is 77.4 Å². The van der Waals surface area contributed by atoms with Gasteiger partial charge in [-0.3, -0.25) is 0 Å². The fourth-order valence-electron chi connectivity index (χ4n) is 10.4. The molecule has 14 aromatic rings. The van der Waals surface area contributed by atoms with E-state index >= 15 is 0 Å². The van der Waals surface area contributed by atoms with Gasteiger partial charge in [0.1, 0.15) is 11.2 Å². The van der Waals surface area contributed by atoms with Crippen LogP contribution in [0.15, 0.2) is 241 Å². The van der Waals surface area contributed by atoms with Crippen LogP contribution >= 0.6 is 0 Å². The van der Waals surface area contributed by atoms with Gasteiger partial charge in [0.25, 0.3) is 0 Å². The van der Waals surface area contributed by atoms with Crippen molar-refractivity contribution >= 4 is 65.6 Å². The van der Waals surface area contributed by atoms with E-state index in [9.17, 15) is 0 Å². The van der Waals surface area contributed by atoms with Gasteiger partial charge >= 0.3 is 0 Å². The maximum Gasteiger partial charge on any atom is 0.164 e. The minimum atomic E-state index is 0.554. The molecule has 0 aliphatic rings. The van der Waals surface area contributed by atoms with Gasteiger partial charge in [-0.1, -0.05) is 176 Å². The molecule has 0 aliphatic carbocycles. The molecule has 0 N–H and O–H groups in total. The summed E-state index contributed by atoms with van der Waals surface area (Å²) in [6, 6.07) is 83.4. The molecule has 0 aliphatic heterocycles. The Morgan fingerprint density at radius 2 is 0.754 bits per heavy atom. The summed E-state index contributed by atoms with van der Waals surface area (Å²) in [5.41, 5.74) is 15.0. The van der Waals surface area contributed by atoms with E-state index < -0.39 is 0 Å². The number of rotatable bonds is 7. The molecule has 0 saturated heterocycles. The number of aromatic nitrogens is 5. The van der Waals surface area contributed by atoms with Crippen molar-refractivity contribution in [2.45, 2.75) is 0 Å². The molecule has 6 heteroatoms. The number of furan rings is 1. The molecular weight excluding hydrogens is 843 g/mol. The quantitative estimate of drug-likeness (QED) is 0.160. The number of hydrogen-bond donors (Lipinski definition) is 0. The summed E-state index contributed by atoms with van der Waals surface area (Å²) in [7, 11) is 0. The van der Waals surface area contributed by atoms with Crippen molar-refractivity contribution in [3.05, 3.63) is 237 Å². The summed E-state index contributed by atoms with van der Waals surface area (Å²) < 4.78 is 11.7. The summed E-state index contributed by atoms with van der Waals surface area (Å²) in [5, 5.41) is 6.83. The zero-order valence-electron chi connectivity index (χ0n) is 37.2. The second kappa shape index (κ2) is 15.6. The molecule has 6 nitrogen and oxygen atoms in total. The fourth-order valence-corrected chi connectivity index (χ4v) is 10.4. The third-order valence-electron chi connectivity index (χ3n) is 13.6. The molecule has 4 heterocycles. The summed E-state index contributed by atoms with van der Waals surface area (Å²) in [5.74, 6) is 1.74. The minimum Gasteiger partial charge on any atom is -0.455 e. The zero-order chi connectivity index (χ0) is 45.4. The molecule has 0 saturated carbocycles. The summed E-state index contributed by atoms with van der Waals surface area (Å²) in [4.78, 5) is 15.9. The van der Waals surface area contributed by atoms with Gasteiger partial charge in [0.15, 0.2) is 17.5 Å². The third-order valence-corrected chi connectivity index (χ3v) is 13.6. The van der Waals surface area contributed by atoms with Crippen molar-refractivity contribution in [3.63, 3.8) is 0 Å². The Bertz CT molecular complexity index is 4190. The summed E-state index contributed by atoms with van der Waals surface area (Å²) >= 11 is 0. The van der Waals surface area contributed by atoms with Gasteiger partial charge in [0, 0.05) is 65.9 Å². The van der Waals surface area contributed by atoms with Crippen molar-refractivity contribution in [2.24, 2.45) is 0 Å². The van der Waals surface area contributed by atoms with E-state index in [1.165, 1.54) is 32.7 Å². The largest absolute Gasteiger partial charge is 0.455 e. The van der Waals surface area contributed by atoms with E-state index in [-0.39, 0.29) is 0 Å². The summed E-state index contributed by atoms with van der Waals surface area (Å²) in [6.07, 6.45) is 0. The van der Waals surface area contributed by atoms with E-state index in [1.807, 2.05) is 42.5 Å². The number of fused-ring (bicyclic) bond motifs is 9. The Balaban J connectivity index is 1.09. The number of benzene rings is 10. The van der Waals surface area contributed by atoms with Crippen molar-refractivity contribution in [1.82, 2.24) is 24.1 Å². The van der Waals surface area contributed by atoms with Gasteiger partial charge < -0.3 is 13.6 Å². The minimum absolute atomic E-state index is 0.554. The Morgan fingerprint density at radius 3 is 1.38 bits per heavy atom.